The molecule has 156 valence electrons. The molecule has 9 heteroatoms. The molecule has 1 aromatic carbocycles. The maximum Gasteiger partial charge on any atom is 0.321 e. The third-order valence-corrected chi connectivity index (χ3v) is 5.91. The monoisotopic (exact) mass is 484 g/mol. The lowest BCUT2D eigenvalue weighted by Crippen LogP contribution is -2.53. The van der Waals surface area contributed by atoms with E-state index in [0.29, 0.717) is 10.9 Å². The van der Waals surface area contributed by atoms with Gasteiger partial charge in [-0.1, -0.05) is 44.5 Å². The molecule has 1 aliphatic heterocycles. The van der Waals surface area contributed by atoms with Crippen molar-refractivity contribution in [1.29, 1.82) is 0 Å². The first-order valence-corrected chi connectivity index (χ1v) is 10.3. The average Bonchev–Trinajstić information content (AvgIpc) is 2.90. The Kier molecular flexibility index (Phi) is 6.02. The highest BCUT2D eigenvalue weighted by atomic mass is 79.9. The molecule has 6 nitrogen and oxygen atoms in total. The minimum atomic E-state index is -1.37. The predicted octanol–water partition coefficient (Wildman–Crippen LogP) is 3.83. The van der Waals surface area contributed by atoms with Gasteiger partial charge in [-0.3, -0.25) is 10.1 Å². The molecule has 0 bridgehead atoms. The van der Waals surface area contributed by atoms with Gasteiger partial charge in [0.25, 0.3) is 0 Å². The molecule has 3 rings (SSSR count). The summed E-state index contributed by atoms with van der Waals surface area (Å²) in [7, 11) is 0. The first kappa shape index (κ1) is 22.1. The summed E-state index contributed by atoms with van der Waals surface area (Å²) in [6.07, 6.45) is 3.63. The van der Waals surface area contributed by atoms with Gasteiger partial charge < -0.3 is 10.8 Å². The van der Waals surface area contributed by atoms with Gasteiger partial charge in [-0.05, 0) is 39.4 Å². The van der Waals surface area contributed by atoms with Crippen molar-refractivity contribution in [2.45, 2.75) is 50.7 Å². The Balaban J connectivity index is 2.25. The molecule has 4 N–H and O–H groups in total. The number of halogens is 3. The van der Waals surface area contributed by atoms with Gasteiger partial charge in [-0.25, -0.2) is 14.4 Å². The molecular weight excluding hydrogens is 463 g/mol. The smallest absolute Gasteiger partial charge is 0.321 e. The van der Waals surface area contributed by atoms with Gasteiger partial charge in [0.2, 0.25) is 0 Å². The van der Waals surface area contributed by atoms with E-state index in [2.05, 4.69) is 31.2 Å². The lowest BCUT2D eigenvalue weighted by atomic mass is 9.71. The quantitative estimate of drug-likeness (QED) is 0.608. The van der Waals surface area contributed by atoms with E-state index in [0.717, 1.165) is 0 Å². The first-order chi connectivity index (χ1) is 13.4. The fourth-order valence-corrected chi connectivity index (χ4v) is 4.41. The Morgan fingerprint density at radius 3 is 2.55 bits per heavy atom. The number of aromatic nitrogens is 2. The van der Waals surface area contributed by atoms with E-state index in [9.17, 15) is 9.90 Å². The van der Waals surface area contributed by atoms with Gasteiger partial charge in [0.15, 0.2) is 0 Å². The fourth-order valence-electron chi connectivity index (χ4n) is 4.03. The molecule has 1 saturated heterocycles. The maximum absolute atomic E-state index is 15.0. The van der Waals surface area contributed by atoms with E-state index in [-0.39, 0.29) is 21.8 Å². The van der Waals surface area contributed by atoms with Crippen molar-refractivity contribution in [2.75, 3.05) is 0 Å². The highest BCUT2D eigenvalue weighted by molar-refractivity contribution is 9.10. The molecule has 1 fully saturated rings. The van der Waals surface area contributed by atoms with Gasteiger partial charge in [0, 0.05) is 24.4 Å². The normalized spacial score (nSPS) is 27.2. The number of benzene rings is 1. The number of carboxylic acids is 1. The molecule has 0 radical (unpaired) electrons. The molecule has 0 unspecified atom stereocenters. The zero-order valence-corrected chi connectivity index (χ0v) is 18.6. The van der Waals surface area contributed by atoms with Crippen LogP contribution in [0.3, 0.4) is 0 Å². The van der Waals surface area contributed by atoms with Crippen molar-refractivity contribution in [3.05, 3.63) is 57.3 Å². The molecule has 29 heavy (non-hydrogen) atoms. The molecule has 0 spiro atoms. The predicted molar refractivity (Wildman–Crippen MR) is 112 cm³/mol. The van der Waals surface area contributed by atoms with Crippen LogP contribution in [0, 0.1) is 11.2 Å². The molecular formula is C20H23BrClFN4O2. The van der Waals surface area contributed by atoms with Crippen LogP contribution in [-0.2, 0) is 10.3 Å². The highest BCUT2D eigenvalue weighted by Gasteiger charge is 2.59. The summed E-state index contributed by atoms with van der Waals surface area (Å²) >= 11 is 9.30. The summed E-state index contributed by atoms with van der Waals surface area (Å²) < 4.78 is 15.7. The van der Waals surface area contributed by atoms with Crippen molar-refractivity contribution < 1.29 is 14.3 Å². The van der Waals surface area contributed by atoms with Crippen LogP contribution in [0.1, 0.15) is 44.5 Å². The van der Waals surface area contributed by atoms with Crippen LogP contribution in [0.5, 0.6) is 0 Å². The highest BCUT2D eigenvalue weighted by Crippen LogP contribution is 2.48. The zero-order valence-electron chi connectivity index (χ0n) is 16.3. The van der Waals surface area contributed by atoms with Gasteiger partial charge in [-0.2, -0.15) is 0 Å². The summed E-state index contributed by atoms with van der Waals surface area (Å²) in [5.41, 5.74) is 5.51. The largest absolute Gasteiger partial charge is 0.480 e. The van der Waals surface area contributed by atoms with Crippen molar-refractivity contribution in [1.82, 2.24) is 15.3 Å². The summed E-state index contributed by atoms with van der Waals surface area (Å²) in [5.74, 6) is -2.53. The van der Waals surface area contributed by atoms with Gasteiger partial charge in [0.1, 0.15) is 23.2 Å². The zero-order chi connectivity index (χ0) is 21.6. The van der Waals surface area contributed by atoms with E-state index < -0.39 is 35.3 Å². The Bertz CT molecular complexity index is 922. The molecule has 4 atom stereocenters. The molecule has 2 aromatic rings. The topological polar surface area (TPSA) is 101 Å². The van der Waals surface area contributed by atoms with Crippen LogP contribution in [-0.4, -0.2) is 33.1 Å². The Labute approximate surface area is 182 Å². The number of aliphatic carboxylic acids is 1. The van der Waals surface area contributed by atoms with E-state index in [1.165, 1.54) is 12.1 Å². The van der Waals surface area contributed by atoms with Crippen LogP contribution in [0.15, 0.2) is 35.1 Å². The van der Waals surface area contributed by atoms with Crippen molar-refractivity contribution in [3.8, 4) is 0 Å². The van der Waals surface area contributed by atoms with E-state index in [4.69, 9.17) is 17.3 Å². The fraction of sp³-hybridized carbons (Fsp3) is 0.450. The number of nitrogens with two attached hydrogens (primary N) is 1. The minimum absolute atomic E-state index is 0.0926. The van der Waals surface area contributed by atoms with Crippen LogP contribution in [0.25, 0.3) is 0 Å². The number of hydrogen-bond acceptors (Lipinski definition) is 5. The molecule has 1 aromatic heterocycles. The minimum Gasteiger partial charge on any atom is -0.480 e. The number of hydrogen-bond donors (Lipinski definition) is 3. The summed E-state index contributed by atoms with van der Waals surface area (Å²) in [5, 5.41) is 13.0. The Morgan fingerprint density at radius 1 is 1.38 bits per heavy atom. The lowest BCUT2D eigenvalue weighted by Gasteiger charge is -2.37. The number of nitrogens with zero attached hydrogens (tertiary/aromatic N) is 2. The number of nitrogens with one attached hydrogen (secondary N) is 1. The number of carboxylic acid groups (broad SMARTS) is 1. The summed E-state index contributed by atoms with van der Waals surface area (Å²) in [6.45, 7) is 6.09. The summed E-state index contributed by atoms with van der Waals surface area (Å²) in [6, 6.07) is 2.88. The van der Waals surface area contributed by atoms with Crippen molar-refractivity contribution >= 4 is 33.5 Å². The van der Waals surface area contributed by atoms with Crippen LogP contribution >= 0.6 is 27.5 Å². The van der Waals surface area contributed by atoms with Crippen molar-refractivity contribution in [3.63, 3.8) is 0 Å². The number of rotatable bonds is 4. The number of carbonyl (C=O) groups is 1. The van der Waals surface area contributed by atoms with E-state index >= 15 is 4.39 Å². The first-order valence-electron chi connectivity index (χ1n) is 9.15. The van der Waals surface area contributed by atoms with E-state index in [1.807, 2.05) is 20.8 Å². The van der Waals surface area contributed by atoms with Gasteiger partial charge >= 0.3 is 5.97 Å². The third-order valence-electron chi connectivity index (χ3n) is 5.21. The molecule has 0 amide bonds. The molecule has 0 aliphatic carbocycles. The van der Waals surface area contributed by atoms with Gasteiger partial charge in [-0.15, -0.1) is 0 Å². The maximum atomic E-state index is 15.0. The standard InChI is InChI=1S/C20H23BrClFN4O2/c1-19(2,3)7-13-20(24,18-25-8-10(21)9-26-18)14(16(27-13)17(28)29)11-5-4-6-12(22)15(11)23/h4-6,8-9,13-14,16,27H,7,24H2,1-3H3,(H,28,29)/t13-,14-,16+,20+/m0/s1. The second kappa shape index (κ2) is 7.91. The molecule has 0 saturated carbocycles. The second-order valence-corrected chi connectivity index (χ2v) is 9.90. The van der Waals surface area contributed by atoms with Crippen LogP contribution in [0.2, 0.25) is 5.02 Å². The Morgan fingerprint density at radius 2 is 2.00 bits per heavy atom. The molecule has 1 aliphatic rings. The second-order valence-electron chi connectivity index (χ2n) is 8.58. The Hall–Kier alpha value is -1.61. The van der Waals surface area contributed by atoms with Crippen molar-refractivity contribution in [2.24, 2.45) is 11.1 Å². The van der Waals surface area contributed by atoms with Gasteiger partial charge in [0.05, 0.1) is 9.50 Å². The average molecular weight is 486 g/mol. The summed E-state index contributed by atoms with van der Waals surface area (Å²) in [4.78, 5) is 20.9. The SMILES string of the molecule is CC(C)(C)C[C@@H]1N[C@@H](C(=O)O)[C@H](c2cccc(Cl)c2F)[C@@]1(N)c1ncc(Br)cn1. The lowest BCUT2D eigenvalue weighted by molar-refractivity contribution is -0.139. The van der Waals surface area contributed by atoms with Crippen LogP contribution in [0.4, 0.5) is 4.39 Å². The van der Waals surface area contributed by atoms with E-state index in [1.54, 1.807) is 18.5 Å². The third kappa shape index (κ3) is 4.17. The molecule has 2 heterocycles. The van der Waals surface area contributed by atoms with Crippen LogP contribution < -0.4 is 11.1 Å².